The van der Waals surface area contributed by atoms with E-state index in [0.29, 0.717) is 6.54 Å². The van der Waals surface area contributed by atoms with Crippen molar-refractivity contribution in [2.75, 3.05) is 0 Å². The van der Waals surface area contributed by atoms with Crippen LogP contribution in [0, 0.1) is 0 Å². The lowest BCUT2D eigenvalue weighted by atomic mass is 9.92. The molecule has 15 heavy (non-hydrogen) atoms. The van der Waals surface area contributed by atoms with E-state index in [1.165, 1.54) is 29.5 Å². The standard InChI is InChI=1S/C14H23N/c1-4-7-14-12(5-2)8-11(10-15)9-13(14)6-3/h8-9H,4-7,10,15H2,1-3H3. The molecule has 0 atom stereocenters. The molecule has 0 unspecified atom stereocenters. The second kappa shape index (κ2) is 5.92. The Morgan fingerprint density at radius 1 is 1.00 bits per heavy atom. The predicted molar refractivity (Wildman–Crippen MR) is 67.1 cm³/mol. The minimum absolute atomic E-state index is 0.659. The van der Waals surface area contributed by atoms with Crippen LogP contribution in [0.2, 0.25) is 0 Å². The van der Waals surface area contributed by atoms with Crippen LogP contribution in [0.5, 0.6) is 0 Å². The number of rotatable bonds is 5. The van der Waals surface area contributed by atoms with Crippen molar-refractivity contribution in [3.63, 3.8) is 0 Å². The summed E-state index contributed by atoms with van der Waals surface area (Å²) in [6, 6.07) is 4.56. The summed E-state index contributed by atoms with van der Waals surface area (Å²) in [7, 11) is 0. The Morgan fingerprint density at radius 3 is 1.87 bits per heavy atom. The second-order valence-electron chi connectivity index (χ2n) is 4.05. The van der Waals surface area contributed by atoms with Crippen molar-refractivity contribution in [1.29, 1.82) is 0 Å². The molecule has 0 radical (unpaired) electrons. The Bertz CT molecular complexity index is 290. The number of hydrogen-bond donors (Lipinski definition) is 1. The summed E-state index contributed by atoms with van der Waals surface area (Å²) in [5.74, 6) is 0. The van der Waals surface area contributed by atoms with Crippen LogP contribution in [-0.2, 0) is 25.8 Å². The summed E-state index contributed by atoms with van der Waals surface area (Å²) in [6.45, 7) is 7.37. The Hall–Kier alpha value is -0.820. The van der Waals surface area contributed by atoms with Gasteiger partial charge in [-0.15, -0.1) is 0 Å². The highest BCUT2D eigenvalue weighted by molar-refractivity contribution is 5.39. The monoisotopic (exact) mass is 205 g/mol. The number of hydrogen-bond acceptors (Lipinski definition) is 1. The maximum absolute atomic E-state index is 5.72. The lowest BCUT2D eigenvalue weighted by Crippen LogP contribution is -2.04. The molecule has 1 heteroatoms. The van der Waals surface area contributed by atoms with Gasteiger partial charge in [-0.25, -0.2) is 0 Å². The van der Waals surface area contributed by atoms with E-state index in [-0.39, 0.29) is 0 Å². The van der Waals surface area contributed by atoms with E-state index < -0.39 is 0 Å². The Labute approximate surface area is 93.7 Å². The topological polar surface area (TPSA) is 26.0 Å². The van der Waals surface area contributed by atoms with E-state index in [0.717, 1.165) is 12.8 Å². The van der Waals surface area contributed by atoms with Crippen molar-refractivity contribution >= 4 is 0 Å². The van der Waals surface area contributed by atoms with Gasteiger partial charge >= 0.3 is 0 Å². The third-order valence-electron chi connectivity index (χ3n) is 2.99. The predicted octanol–water partition coefficient (Wildman–Crippen LogP) is 3.22. The molecule has 2 N–H and O–H groups in total. The van der Waals surface area contributed by atoms with Crippen LogP contribution in [0.3, 0.4) is 0 Å². The zero-order chi connectivity index (χ0) is 11.3. The van der Waals surface area contributed by atoms with Gasteiger partial charge in [0.25, 0.3) is 0 Å². The van der Waals surface area contributed by atoms with Crippen molar-refractivity contribution in [3.05, 3.63) is 34.4 Å². The van der Waals surface area contributed by atoms with Gasteiger partial charge < -0.3 is 5.73 Å². The van der Waals surface area contributed by atoms with Crippen molar-refractivity contribution < 1.29 is 0 Å². The number of nitrogens with two attached hydrogens (primary N) is 1. The quantitative estimate of drug-likeness (QED) is 0.784. The van der Waals surface area contributed by atoms with Crippen LogP contribution in [0.15, 0.2) is 12.1 Å². The van der Waals surface area contributed by atoms with Crippen LogP contribution < -0.4 is 5.73 Å². The molecule has 1 aromatic rings. The molecule has 0 saturated heterocycles. The molecule has 0 bridgehead atoms. The van der Waals surface area contributed by atoms with E-state index >= 15 is 0 Å². The van der Waals surface area contributed by atoms with Crippen LogP contribution in [0.1, 0.15) is 49.4 Å². The minimum atomic E-state index is 0.659. The summed E-state index contributed by atoms with van der Waals surface area (Å²) >= 11 is 0. The van der Waals surface area contributed by atoms with E-state index in [9.17, 15) is 0 Å². The maximum atomic E-state index is 5.72. The molecule has 0 saturated carbocycles. The van der Waals surface area contributed by atoms with Gasteiger partial charge in [0.05, 0.1) is 0 Å². The minimum Gasteiger partial charge on any atom is -0.326 e. The van der Waals surface area contributed by atoms with Crippen molar-refractivity contribution in [1.82, 2.24) is 0 Å². The Kier molecular flexibility index (Phi) is 4.83. The summed E-state index contributed by atoms with van der Waals surface area (Å²) in [4.78, 5) is 0. The summed E-state index contributed by atoms with van der Waals surface area (Å²) in [5.41, 5.74) is 11.6. The van der Waals surface area contributed by atoms with E-state index in [1.54, 1.807) is 5.56 Å². The Balaban J connectivity index is 3.19. The van der Waals surface area contributed by atoms with E-state index in [1.807, 2.05) is 0 Å². The van der Waals surface area contributed by atoms with Gasteiger partial charge in [-0.2, -0.15) is 0 Å². The number of aryl methyl sites for hydroxylation is 2. The number of benzene rings is 1. The lowest BCUT2D eigenvalue weighted by Gasteiger charge is -2.14. The van der Waals surface area contributed by atoms with Crippen LogP contribution in [-0.4, -0.2) is 0 Å². The first-order chi connectivity index (χ1) is 7.26. The largest absolute Gasteiger partial charge is 0.326 e. The Morgan fingerprint density at radius 2 is 1.53 bits per heavy atom. The molecule has 0 amide bonds. The molecule has 0 aromatic heterocycles. The van der Waals surface area contributed by atoms with Crippen molar-refractivity contribution in [2.45, 2.75) is 53.0 Å². The fourth-order valence-corrected chi connectivity index (χ4v) is 2.19. The van der Waals surface area contributed by atoms with Crippen LogP contribution in [0.4, 0.5) is 0 Å². The molecule has 0 aliphatic rings. The zero-order valence-corrected chi connectivity index (χ0v) is 10.3. The average molecular weight is 205 g/mol. The molecule has 0 aliphatic carbocycles. The molecule has 0 aliphatic heterocycles. The summed E-state index contributed by atoms with van der Waals surface area (Å²) in [6.07, 6.45) is 4.67. The first kappa shape index (κ1) is 12.3. The SMILES string of the molecule is CCCc1c(CC)cc(CN)cc1CC. The van der Waals surface area contributed by atoms with Gasteiger partial charge in [-0.3, -0.25) is 0 Å². The normalized spacial score (nSPS) is 10.7. The van der Waals surface area contributed by atoms with Gasteiger partial charge in [0, 0.05) is 6.54 Å². The summed E-state index contributed by atoms with van der Waals surface area (Å²) in [5, 5.41) is 0. The molecule has 0 heterocycles. The van der Waals surface area contributed by atoms with Crippen LogP contribution in [0.25, 0.3) is 0 Å². The van der Waals surface area contributed by atoms with Crippen molar-refractivity contribution in [2.24, 2.45) is 5.73 Å². The maximum Gasteiger partial charge on any atom is 0.0178 e. The lowest BCUT2D eigenvalue weighted by molar-refractivity contribution is 0.870. The molecule has 0 spiro atoms. The first-order valence-corrected chi connectivity index (χ1v) is 6.10. The van der Waals surface area contributed by atoms with Gasteiger partial charge in [0.15, 0.2) is 0 Å². The summed E-state index contributed by atoms with van der Waals surface area (Å²) < 4.78 is 0. The van der Waals surface area contributed by atoms with E-state index in [2.05, 4.69) is 32.9 Å². The molecular formula is C14H23N. The molecule has 1 rings (SSSR count). The molecular weight excluding hydrogens is 182 g/mol. The average Bonchev–Trinajstić information content (AvgIpc) is 2.29. The van der Waals surface area contributed by atoms with Crippen LogP contribution >= 0.6 is 0 Å². The van der Waals surface area contributed by atoms with Gasteiger partial charge in [0.1, 0.15) is 0 Å². The molecule has 1 aromatic carbocycles. The fraction of sp³-hybridized carbons (Fsp3) is 0.571. The van der Waals surface area contributed by atoms with E-state index in [4.69, 9.17) is 5.73 Å². The second-order valence-corrected chi connectivity index (χ2v) is 4.05. The highest BCUT2D eigenvalue weighted by atomic mass is 14.5. The van der Waals surface area contributed by atoms with Gasteiger partial charge in [0.2, 0.25) is 0 Å². The zero-order valence-electron chi connectivity index (χ0n) is 10.3. The highest BCUT2D eigenvalue weighted by Gasteiger charge is 2.07. The third kappa shape index (κ3) is 2.82. The van der Waals surface area contributed by atoms with Crippen molar-refractivity contribution in [3.8, 4) is 0 Å². The van der Waals surface area contributed by atoms with Gasteiger partial charge in [-0.05, 0) is 41.5 Å². The first-order valence-electron chi connectivity index (χ1n) is 6.10. The molecule has 0 fully saturated rings. The smallest absolute Gasteiger partial charge is 0.0178 e. The fourth-order valence-electron chi connectivity index (χ4n) is 2.19. The molecule has 1 nitrogen and oxygen atoms in total. The highest BCUT2D eigenvalue weighted by Crippen LogP contribution is 2.21. The van der Waals surface area contributed by atoms with Gasteiger partial charge in [-0.1, -0.05) is 39.3 Å². The molecule has 84 valence electrons. The third-order valence-corrected chi connectivity index (χ3v) is 2.99.